The summed E-state index contributed by atoms with van der Waals surface area (Å²) in [5.74, 6) is -0.931. The number of carbonyl (C=O) groups excluding carboxylic acids is 1. The van der Waals surface area contributed by atoms with Gasteiger partial charge in [0.2, 0.25) is 10.0 Å². The second-order valence-corrected chi connectivity index (χ2v) is 8.78. The normalized spacial score (nSPS) is 13.7. The van der Waals surface area contributed by atoms with Gasteiger partial charge in [-0.1, -0.05) is 78.9 Å². The van der Waals surface area contributed by atoms with Gasteiger partial charge in [-0.25, -0.2) is 17.9 Å². The maximum Gasteiger partial charge on any atom is 0.336 e. The molecule has 0 amide bonds. The number of rotatable bonds is 6. The number of ether oxygens (including phenoxy) is 1. The molecule has 0 heterocycles. The second-order valence-electron chi connectivity index (χ2n) is 7.13. The number of sulfonamides is 1. The third-order valence-electron chi connectivity index (χ3n) is 5.19. The molecular formula is C24H21NO5S. The number of benzene rings is 4. The van der Waals surface area contributed by atoms with Crippen LogP contribution in [0.3, 0.4) is 0 Å². The van der Waals surface area contributed by atoms with Gasteiger partial charge in [0.25, 0.3) is 0 Å². The Morgan fingerprint density at radius 2 is 1.39 bits per heavy atom. The fourth-order valence-corrected chi connectivity index (χ4v) is 5.39. The molecule has 0 aliphatic carbocycles. The van der Waals surface area contributed by atoms with Gasteiger partial charge in [0.15, 0.2) is 6.10 Å². The first-order valence-electron chi connectivity index (χ1n) is 9.66. The Bertz CT molecular complexity index is 1300. The van der Waals surface area contributed by atoms with Crippen molar-refractivity contribution >= 4 is 37.5 Å². The molecule has 0 aliphatic heterocycles. The van der Waals surface area contributed by atoms with Crippen LogP contribution in [0, 0.1) is 0 Å². The summed E-state index contributed by atoms with van der Waals surface area (Å²) in [5, 5.41) is 13.2. The van der Waals surface area contributed by atoms with E-state index < -0.39 is 28.1 Å². The maximum absolute atomic E-state index is 13.7. The van der Waals surface area contributed by atoms with E-state index in [1.165, 1.54) is 0 Å². The summed E-state index contributed by atoms with van der Waals surface area (Å²) >= 11 is 0. The van der Waals surface area contributed by atoms with E-state index in [9.17, 15) is 18.3 Å². The SMILES string of the molecule is COC(=O)[C@H](O)[C@@H](NS(=O)(=O)c1c2ccccc2cc2ccccc12)c1ccccc1. The highest BCUT2D eigenvalue weighted by Gasteiger charge is 2.33. The lowest BCUT2D eigenvalue weighted by atomic mass is 10.0. The van der Waals surface area contributed by atoms with E-state index in [0.29, 0.717) is 16.3 Å². The van der Waals surface area contributed by atoms with Crippen LogP contribution < -0.4 is 4.72 Å². The highest BCUT2D eigenvalue weighted by molar-refractivity contribution is 7.90. The lowest BCUT2D eigenvalue weighted by Gasteiger charge is -2.24. The monoisotopic (exact) mass is 435 g/mol. The number of hydrogen-bond acceptors (Lipinski definition) is 5. The highest BCUT2D eigenvalue weighted by Crippen LogP contribution is 2.33. The van der Waals surface area contributed by atoms with Gasteiger partial charge >= 0.3 is 5.97 Å². The summed E-state index contributed by atoms with van der Waals surface area (Å²) in [6, 6.07) is 23.6. The Hall–Kier alpha value is -3.26. The van der Waals surface area contributed by atoms with E-state index in [-0.39, 0.29) is 4.90 Å². The zero-order chi connectivity index (χ0) is 22.0. The predicted octanol–water partition coefficient (Wildman–Crippen LogP) is 3.55. The van der Waals surface area contributed by atoms with Crippen LogP contribution in [0.5, 0.6) is 0 Å². The molecule has 0 aromatic heterocycles. The van der Waals surface area contributed by atoms with Crippen molar-refractivity contribution in [1.29, 1.82) is 0 Å². The molecular weight excluding hydrogens is 414 g/mol. The fourth-order valence-electron chi connectivity index (χ4n) is 3.72. The Balaban J connectivity index is 1.91. The van der Waals surface area contributed by atoms with Gasteiger partial charge in [0, 0.05) is 10.8 Å². The molecule has 0 saturated heterocycles. The van der Waals surface area contributed by atoms with Crippen molar-refractivity contribution in [3.63, 3.8) is 0 Å². The summed E-state index contributed by atoms with van der Waals surface area (Å²) in [7, 11) is -3.03. The summed E-state index contributed by atoms with van der Waals surface area (Å²) < 4.78 is 34.6. The quantitative estimate of drug-likeness (QED) is 0.357. The van der Waals surface area contributed by atoms with Crippen LogP contribution in [-0.4, -0.2) is 32.7 Å². The molecule has 2 N–H and O–H groups in total. The third-order valence-corrected chi connectivity index (χ3v) is 6.73. The third kappa shape index (κ3) is 4.03. The molecule has 7 heteroatoms. The van der Waals surface area contributed by atoms with Crippen molar-refractivity contribution in [3.8, 4) is 0 Å². The van der Waals surface area contributed by atoms with Gasteiger partial charge in [0.05, 0.1) is 18.0 Å². The molecule has 4 aromatic rings. The number of esters is 1. The summed E-state index contributed by atoms with van der Waals surface area (Å²) in [6.07, 6.45) is -1.72. The summed E-state index contributed by atoms with van der Waals surface area (Å²) in [5.41, 5.74) is 0.438. The smallest absolute Gasteiger partial charge is 0.336 e. The zero-order valence-corrected chi connectivity index (χ0v) is 17.5. The Morgan fingerprint density at radius 3 is 1.94 bits per heavy atom. The number of aliphatic hydroxyl groups excluding tert-OH is 1. The first-order chi connectivity index (χ1) is 14.9. The topological polar surface area (TPSA) is 92.7 Å². The summed E-state index contributed by atoms with van der Waals surface area (Å²) in [6.45, 7) is 0. The standard InChI is InChI=1S/C24H21NO5S/c1-30-24(27)22(26)21(16-9-3-2-4-10-16)25-31(28,29)23-19-13-7-5-11-17(19)15-18-12-6-8-14-20(18)23/h2-15,21-22,25-26H,1H3/t21-,22+/m0/s1. The van der Waals surface area contributed by atoms with Crippen molar-refractivity contribution in [2.45, 2.75) is 17.0 Å². The molecule has 0 saturated carbocycles. The number of hydrogen-bond donors (Lipinski definition) is 2. The summed E-state index contributed by atoms with van der Waals surface area (Å²) in [4.78, 5) is 12.2. The molecule has 31 heavy (non-hydrogen) atoms. The number of carbonyl (C=O) groups is 1. The lowest BCUT2D eigenvalue weighted by Crippen LogP contribution is -2.41. The number of fused-ring (bicyclic) bond motifs is 2. The van der Waals surface area contributed by atoms with Crippen LogP contribution in [0.4, 0.5) is 0 Å². The van der Waals surface area contributed by atoms with Crippen molar-refractivity contribution in [3.05, 3.63) is 90.5 Å². The van der Waals surface area contributed by atoms with E-state index in [0.717, 1.165) is 17.9 Å². The number of aliphatic hydroxyl groups is 1. The molecule has 2 atom stereocenters. The van der Waals surface area contributed by atoms with Gasteiger partial charge in [-0.05, 0) is 22.4 Å². The minimum Gasteiger partial charge on any atom is -0.467 e. The molecule has 0 bridgehead atoms. The van der Waals surface area contributed by atoms with Gasteiger partial charge in [-0.3, -0.25) is 0 Å². The van der Waals surface area contributed by atoms with Crippen LogP contribution in [-0.2, 0) is 19.6 Å². The van der Waals surface area contributed by atoms with Gasteiger partial charge in [-0.15, -0.1) is 0 Å². The lowest BCUT2D eigenvalue weighted by molar-refractivity contribution is -0.151. The number of nitrogens with one attached hydrogen (secondary N) is 1. The van der Waals surface area contributed by atoms with E-state index in [1.807, 2.05) is 30.3 Å². The predicted molar refractivity (Wildman–Crippen MR) is 119 cm³/mol. The van der Waals surface area contributed by atoms with Crippen LogP contribution in [0.25, 0.3) is 21.5 Å². The van der Waals surface area contributed by atoms with Crippen LogP contribution in [0.15, 0.2) is 89.8 Å². The Labute approximate surface area is 180 Å². The van der Waals surface area contributed by atoms with Crippen LogP contribution in [0.1, 0.15) is 11.6 Å². The molecule has 0 spiro atoms. The van der Waals surface area contributed by atoms with E-state index >= 15 is 0 Å². The van der Waals surface area contributed by atoms with Gasteiger partial charge in [0.1, 0.15) is 0 Å². The van der Waals surface area contributed by atoms with Crippen molar-refractivity contribution in [1.82, 2.24) is 4.72 Å². The van der Waals surface area contributed by atoms with Crippen molar-refractivity contribution < 1.29 is 23.1 Å². The molecule has 4 rings (SSSR count). The highest BCUT2D eigenvalue weighted by atomic mass is 32.2. The Morgan fingerprint density at radius 1 is 0.871 bits per heavy atom. The molecule has 4 aromatic carbocycles. The molecule has 0 unspecified atom stereocenters. The van der Waals surface area contributed by atoms with Crippen LogP contribution in [0.2, 0.25) is 0 Å². The maximum atomic E-state index is 13.7. The van der Waals surface area contributed by atoms with E-state index in [1.54, 1.807) is 54.6 Å². The minimum absolute atomic E-state index is 0.0965. The van der Waals surface area contributed by atoms with Crippen molar-refractivity contribution in [2.75, 3.05) is 7.11 Å². The largest absolute Gasteiger partial charge is 0.467 e. The molecule has 0 fully saturated rings. The molecule has 0 aliphatic rings. The first-order valence-corrected chi connectivity index (χ1v) is 11.1. The molecule has 158 valence electrons. The van der Waals surface area contributed by atoms with Gasteiger partial charge in [-0.2, -0.15) is 0 Å². The zero-order valence-electron chi connectivity index (χ0n) is 16.7. The average molecular weight is 436 g/mol. The second kappa shape index (κ2) is 8.47. The van der Waals surface area contributed by atoms with E-state index in [4.69, 9.17) is 0 Å². The van der Waals surface area contributed by atoms with E-state index in [2.05, 4.69) is 9.46 Å². The van der Waals surface area contributed by atoms with Crippen molar-refractivity contribution in [2.24, 2.45) is 0 Å². The average Bonchev–Trinajstić information content (AvgIpc) is 2.80. The minimum atomic E-state index is -4.17. The molecule has 0 radical (unpaired) electrons. The van der Waals surface area contributed by atoms with Crippen LogP contribution >= 0.6 is 0 Å². The fraction of sp³-hybridized carbons (Fsp3) is 0.125. The Kier molecular flexibility index (Phi) is 5.73. The van der Waals surface area contributed by atoms with Gasteiger partial charge < -0.3 is 9.84 Å². The first kappa shape index (κ1) is 21.0. The number of methoxy groups -OCH3 is 1. The molecule has 6 nitrogen and oxygen atoms in total.